The van der Waals surface area contributed by atoms with Gasteiger partial charge in [-0.1, -0.05) is 26.0 Å². The fourth-order valence-corrected chi connectivity index (χ4v) is 9.22. The molecule has 10 amide bonds. The Morgan fingerprint density at radius 1 is 0.651 bits per heavy atom. The van der Waals surface area contributed by atoms with E-state index in [1.54, 1.807) is 13.8 Å². The number of benzene rings is 1. The van der Waals surface area contributed by atoms with Crippen LogP contribution in [0, 0.1) is 5.92 Å². The highest BCUT2D eigenvalue weighted by Gasteiger charge is 2.44. The molecular formula is C50H76N14O17S2. The third-order valence-electron chi connectivity index (χ3n) is 13.3. The van der Waals surface area contributed by atoms with Crippen LogP contribution in [-0.2, 0) is 68.7 Å². The fraction of sp³-hybridized carbons (Fsp3) is 0.600. The van der Waals surface area contributed by atoms with Crippen molar-refractivity contribution in [2.75, 3.05) is 37.7 Å². The van der Waals surface area contributed by atoms with Crippen molar-refractivity contribution in [2.24, 2.45) is 28.1 Å². The number of hydrogen-bond donors (Lipinski definition) is 17. The number of hydrogen-bond acceptors (Lipinski definition) is 18. The number of carboxylic acid groups (broad SMARTS) is 3. The van der Waals surface area contributed by atoms with E-state index in [0.29, 0.717) is 24.8 Å². The third kappa shape index (κ3) is 22.4. The van der Waals surface area contributed by atoms with E-state index < -0.39 is 169 Å². The van der Waals surface area contributed by atoms with E-state index in [1.165, 1.54) is 41.0 Å². The van der Waals surface area contributed by atoms with Crippen LogP contribution in [0.5, 0.6) is 5.75 Å². The maximum absolute atomic E-state index is 14.2. The molecular weight excluding hydrogens is 1130 g/mol. The molecule has 0 bridgehead atoms. The number of phenolic OH excluding ortho intramolecular Hbond substituents is 1. The molecule has 10 atom stereocenters. The Kier molecular flexibility index (Phi) is 28.3. The number of aliphatic carboxylic acids is 3. The number of aliphatic imine (C=N–C) groups is 1. The van der Waals surface area contributed by atoms with Crippen LogP contribution >= 0.6 is 25.3 Å². The van der Waals surface area contributed by atoms with Gasteiger partial charge in [0.15, 0.2) is 5.96 Å². The van der Waals surface area contributed by atoms with E-state index >= 15 is 0 Å². The van der Waals surface area contributed by atoms with Gasteiger partial charge in [-0.05, 0) is 75.5 Å². The van der Waals surface area contributed by atoms with E-state index in [9.17, 15) is 82.8 Å². The second kappa shape index (κ2) is 33.9. The molecule has 18 N–H and O–H groups in total. The van der Waals surface area contributed by atoms with E-state index in [0.717, 1.165) is 0 Å². The molecule has 2 saturated heterocycles. The standard InChI is InChI=1S/C50H76N14O17S2/c1-24(2)39(46(77)56-25(3)49(80)81)62-41(72)29(7-4-16-54-50(52)53)58-44(75)33(23-83)57-36(66)21-55-40(71)30(14-15-37(67)68)59-43(74)32(20-38(69)70)60-42(73)31(19-26-10-12-27(65)13-11-26)61-45(76)34-8-5-17-63(34)48(79)35-9-6-18-64(35)47(78)28(51)22-82/h10-13,24-25,28-35,39,65,82-83H,4-9,14-23,51H2,1-3H3,(H,55,71)(H,56,77)(H,57,66)(H,58,75)(H,59,74)(H,60,73)(H,61,76)(H,62,72)(H,67,68)(H,69,70)(H,80,81)(H4,52,53,54)/t25-,28-,29-,30-,31-,32-,33-,34-,35-,39-/m0/s1. The van der Waals surface area contributed by atoms with Crippen molar-refractivity contribution >= 4 is 108 Å². The Morgan fingerprint density at radius 3 is 1.78 bits per heavy atom. The molecule has 0 aromatic heterocycles. The normalized spacial score (nSPS) is 17.6. The van der Waals surface area contributed by atoms with Crippen LogP contribution in [0.3, 0.4) is 0 Å². The summed E-state index contributed by atoms with van der Waals surface area (Å²) in [5.74, 6) is -14.8. The Bertz CT molecular complexity index is 2560. The SMILES string of the molecule is CC(C)[C@H](NC(=O)[C@H](CCCN=C(N)N)NC(=O)[C@H](CS)NC(=O)CNC(=O)[C@H](CCC(=O)O)NC(=O)[C@H](CC(=O)O)NC(=O)[C@H](Cc1ccc(O)cc1)NC(=O)[C@@H]1CCCN1C(=O)[C@@H]1CCCN1C(=O)[C@@H](N)CS)C(=O)N[C@@H](C)C(=O)O. The molecule has 2 heterocycles. The van der Waals surface area contributed by atoms with Crippen LogP contribution in [0.15, 0.2) is 29.3 Å². The molecule has 460 valence electrons. The Morgan fingerprint density at radius 2 is 1.22 bits per heavy atom. The zero-order chi connectivity index (χ0) is 62.2. The van der Waals surface area contributed by atoms with Gasteiger partial charge in [-0.25, -0.2) is 0 Å². The van der Waals surface area contributed by atoms with Crippen LogP contribution in [0.4, 0.5) is 0 Å². The summed E-state index contributed by atoms with van der Waals surface area (Å²) < 4.78 is 0. The molecule has 2 fully saturated rings. The number of aromatic hydroxyl groups is 1. The number of carboxylic acids is 3. The first-order valence-corrected chi connectivity index (χ1v) is 27.8. The molecule has 83 heavy (non-hydrogen) atoms. The third-order valence-corrected chi connectivity index (χ3v) is 14.0. The van der Waals surface area contributed by atoms with Gasteiger partial charge in [0.25, 0.3) is 0 Å². The largest absolute Gasteiger partial charge is 0.508 e. The quantitative estimate of drug-likeness (QED) is 0.0135. The number of nitrogens with one attached hydrogen (secondary N) is 8. The molecule has 1 aromatic rings. The lowest BCUT2D eigenvalue weighted by Crippen LogP contribution is -2.60. The fourth-order valence-electron chi connectivity index (χ4n) is 8.81. The Balaban J connectivity index is 1.79. The molecule has 2 aliphatic rings. The van der Waals surface area contributed by atoms with E-state index in [-0.39, 0.29) is 68.5 Å². The second-order valence-corrected chi connectivity index (χ2v) is 20.8. The highest BCUT2D eigenvalue weighted by molar-refractivity contribution is 7.80. The molecule has 31 nitrogen and oxygen atoms in total. The maximum Gasteiger partial charge on any atom is 0.325 e. The summed E-state index contributed by atoms with van der Waals surface area (Å²) in [6.45, 7) is 3.85. The lowest BCUT2D eigenvalue weighted by Gasteiger charge is -2.32. The smallest absolute Gasteiger partial charge is 0.325 e. The van der Waals surface area contributed by atoms with Gasteiger partial charge in [0.2, 0.25) is 59.1 Å². The summed E-state index contributed by atoms with van der Waals surface area (Å²) in [5.41, 5.74) is 17.1. The molecule has 0 aliphatic carbocycles. The van der Waals surface area contributed by atoms with Crippen LogP contribution in [0.2, 0.25) is 0 Å². The average molecular weight is 1210 g/mol. The van der Waals surface area contributed by atoms with Gasteiger partial charge in [-0.15, -0.1) is 0 Å². The summed E-state index contributed by atoms with van der Waals surface area (Å²) in [6, 6.07) is -8.41. The Labute approximate surface area is 488 Å². The predicted octanol–water partition coefficient (Wildman–Crippen LogP) is -5.23. The number of nitrogens with zero attached hydrogens (tertiary/aromatic N) is 3. The topological polar surface area (TPSA) is 496 Å². The number of carbonyl (C=O) groups excluding carboxylic acids is 10. The van der Waals surface area contributed by atoms with Crippen LogP contribution in [-0.4, -0.2) is 211 Å². The first-order valence-electron chi connectivity index (χ1n) is 26.6. The van der Waals surface area contributed by atoms with Gasteiger partial charge >= 0.3 is 17.9 Å². The minimum Gasteiger partial charge on any atom is -0.508 e. The average Bonchev–Trinajstić information content (AvgIpc) is 4.29. The van der Waals surface area contributed by atoms with Crippen molar-refractivity contribution in [2.45, 2.75) is 145 Å². The number of thiol groups is 2. The van der Waals surface area contributed by atoms with E-state index in [2.05, 4.69) is 72.8 Å². The summed E-state index contributed by atoms with van der Waals surface area (Å²) in [6.07, 6.45) is -1.48. The molecule has 2 aliphatic heterocycles. The zero-order valence-corrected chi connectivity index (χ0v) is 47.8. The number of nitrogens with two attached hydrogens (primary N) is 3. The predicted molar refractivity (Wildman–Crippen MR) is 301 cm³/mol. The van der Waals surface area contributed by atoms with Gasteiger partial charge < -0.3 is 90.0 Å². The van der Waals surface area contributed by atoms with Crippen LogP contribution in [0.1, 0.15) is 84.1 Å². The zero-order valence-electron chi connectivity index (χ0n) is 46.0. The maximum atomic E-state index is 14.2. The minimum absolute atomic E-state index is 0.00926. The number of phenols is 1. The lowest BCUT2D eigenvalue weighted by molar-refractivity contribution is -0.147. The minimum atomic E-state index is -2.00. The van der Waals surface area contributed by atoms with Crippen molar-refractivity contribution in [3.8, 4) is 5.75 Å². The second-order valence-electron chi connectivity index (χ2n) is 20.1. The number of carbonyl (C=O) groups is 13. The van der Waals surface area contributed by atoms with Crippen molar-refractivity contribution < 1.29 is 82.8 Å². The van der Waals surface area contributed by atoms with Gasteiger partial charge in [-0.3, -0.25) is 67.3 Å². The highest BCUT2D eigenvalue weighted by Crippen LogP contribution is 2.26. The number of amides is 10. The molecule has 1 aromatic carbocycles. The van der Waals surface area contributed by atoms with Gasteiger partial charge in [0, 0.05) is 44.0 Å². The molecule has 0 radical (unpaired) electrons. The van der Waals surface area contributed by atoms with Crippen molar-refractivity contribution in [3.63, 3.8) is 0 Å². The van der Waals surface area contributed by atoms with Gasteiger partial charge in [-0.2, -0.15) is 25.3 Å². The number of rotatable bonds is 33. The monoisotopic (exact) mass is 1210 g/mol. The highest BCUT2D eigenvalue weighted by atomic mass is 32.1. The summed E-state index contributed by atoms with van der Waals surface area (Å²) in [4.78, 5) is 178. The van der Waals surface area contributed by atoms with Gasteiger partial charge in [0.05, 0.1) is 19.0 Å². The molecule has 0 saturated carbocycles. The molecule has 3 rings (SSSR count). The lowest BCUT2D eigenvalue weighted by atomic mass is 10.0. The summed E-state index contributed by atoms with van der Waals surface area (Å²) in [5, 5.41) is 57.4. The van der Waals surface area contributed by atoms with Crippen LogP contribution in [0.25, 0.3) is 0 Å². The van der Waals surface area contributed by atoms with E-state index in [4.69, 9.17) is 17.2 Å². The Hall–Kier alpha value is -7.94. The molecule has 0 unspecified atom stereocenters. The number of likely N-dealkylation sites (tertiary alicyclic amines) is 2. The van der Waals surface area contributed by atoms with Crippen LogP contribution < -0.4 is 59.7 Å². The van der Waals surface area contributed by atoms with Crippen molar-refractivity contribution in [3.05, 3.63) is 29.8 Å². The molecule has 0 spiro atoms. The van der Waals surface area contributed by atoms with Crippen molar-refractivity contribution in [1.29, 1.82) is 0 Å². The first kappa shape index (κ1) is 69.3. The number of guanidine groups is 1. The van der Waals surface area contributed by atoms with Crippen molar-refractivity contribution in [1.82, 2.24) is 52.3 Å². The first-order chi connectivity index (χ1) is 39.1. The molecule has 33 heteroatoms. The van der Waals surface area contributed by atoms with E-state index in [1.807, 2.05) is 0 Å². The summed E-state index contributed by atoms with van der Waals surface area (Å²) in [7, 11) is 0. The van der Waals surface area contributed by atoms with Gasteiger partial charge in [0.1, 0.15) is 60.1 Å². The summed E-state index contributed by atoms with van der Waals surface area (Å²) >= 11 is 8.23.